The minimum absolute atomic E-state index is 0.292. The molecule has 6 N–H and O–H groups in total. The monoisotopic (exact) mass is 303 g/mol. The maximum atomic E-state index is 11.9. The first-order valence-corrected chi connectivity index (χ1v) is 5.67. The van der Waals surface area contributed by atoms with Crippen LogP contribution in [0.25, 0.3) is 0 Å². The third-order valence-corrected chi connectivity index (χ3v) is 2.94. The van der Waals surface area contributed by atoms with E-state index in [0.717, 1.165) is 10.9 Å². The molecule has 0 amide bonds. The van der Waals surface area contributed by atoms with Crippen LogP contribution in [0.1, 0.15) is 8.97 Å². The largest absolute Gasteiger partial charge is 0.394 e. The third kappa shape index (κ3) is 2.24. The number of nitrogens with zero attached hydrogens (tertiary/aromatic N) is 3. The van der Waals surface area contributed by atoms with Crippen LogP contribution in [0.5, 0.6) is 0 Å². The highest BCUT2D eigenvalue weighted by Crippen LogP contribution is 2.35. The van der Waals surface area contributed by atoms with Crippen molar-refractivity contribution in [2.45, 2.75) is 24.0 Å². The summed E-state index contributed by atoms with van der Waals surface area (Å²) in [4.78, 5) is 18.8. The van der Waals surface area contributed by atoms with E-state index >= 15 is 0 Å². The van der Waals surface area contributed by atoms with E-state index in [9.17, 15) is 15.0 Å². The van der Waals surface area contributed by atoms with E-state index in [1.165, 1.54) is 0 Å². The minimum atomic E-state index is -2.94. The summed E-state index contributed by atoms with van der Waals surface area (Å²) in [6.07, 6.45) is -4.10. The summed E-state index contributed by atoms with van der Waals surface area (Å²) in [5.74, 6) is 1.97. The lowest BCUT2D eigenvalue weighted by Gasteiger charge is -2.27. The Labute approximate surface area is 121 Å². The highest BCUT2D eigenvalue weighted by Gasteiger charge is 2.54. The van der Waals surface area contributed by atoms with Crippen molar-refractivity contribution in [3.63, 3.8) is 0 Å². The van der Waals surface area contributed by atoms with Crippen molar-refractivity contribution in [1.82, 2.24) is 14.5 Å². The van der Waals surface area contributed by atoms with E-state index < -0.39 is 36.2 Å². The van der Waals surface area contributed by atoms with E-state index in [1.54, 1.807) is 0 Å². The molecule has 0 bridgehead atoms. The zero-order valence-electron chi connectivity index (χ0n) is 11.9. The summed E-state index contributed by atoms with van der Waals surface area (Å²) in [6.45, 7) is -2.94. The zero-order chi connectivity index (χ0) is 16.7. The molecule has 1 aliphatic heterocycles. The van der Waals surface area contributed by atoms with E-state index in [1.807, 2.05) is 5.38 Å². The Balaban J connectivity index is 2.57. The van der Waals surface area contributed by atoms with Crippen LogP contribution < -0.4 is 17.2 Å². The van der Waals surface area contributed by atoms with Gasteiger partial charge in [-0.25, -0.2) is 9.78 Å². The van der Waals surface area contributed by atoms with Crippen molar-refractivity contribution >= 4 is 17.5 Å². The molecular weight excluding hydrogens is 290 g/mol. The first-order chi connectivity index (χ1) is 10.1. The fraction of sp³-hybridized carbons (Fsp3) is 0.500. The van der Waals surface area contributed by atoms with Crippen molar-refractivity contribution < 1.29 is 17.7 Å². The molecule has 1 aliphatic rings. The molecule has 2 rings (SSSR count). The average molecular weight is 304 g/mol. The molecule has 0 saturated carbocycles. The topological polar surface area (TPSA) is 150 Å². The standard InChI is InChI=1S/C10H12ClN5O4/c11-2-1-10(13)6(18)5(3-17)20-7(10)16-4-14-8(12)15-9(16)19/h4-7,17-18H,3,13H2,(H2,12,15,19)/t5-,6+,7-,10?/m1/s1/i3D2. The van der Waals surface area contributed by atoms with Gasteiger partial charge in [0.25, 0.3) is 0 Å². The SMILES string of the molecule is [2H]C([2H])(O)[C@H]1O[C@@H](n2cnc(N)nc2=O)C(N)(C#CCl)[C@H]1O. The molecule has 0 aliphatic carbocycles. The van der Waals surface area contributed by atoms with Gasteiger partial charge >= 0.3 is 5.69 Å². The number of aromatic nitrogens is 3. The lowest BCUT2D eigenvalue weighted by atomic mass is 9.92. The smallest absolute Gasteiger partial charge is 0.354 e. The second-order valence-electron chi connectivity index (χ2n) is 4.04. The molecule has 0 aromatic carbocycles. The summed E-state index contributed by atoms with van der Waals surface area (Å²) < 4.78 is 20.5. The van der Waals surface area contributed by atoms with Gasteiger partial charge in [-0.3, -0.25) is 4.57 Å². The van der Waals surface area contributed by atoms with Crippen molar-refractivity contribution in [2.75, 3.05) is 12.3 Å². The number of rotatable bonds is 2. The molecule has 1 saturated heterocycles. The van der Waals surface area contributed by atoms with Gasteiger partial charge in [-0.2, -0.15) is 4.98 Å². The van der Waals surface area contributed by atoms with Crippen LogP contribution >= 0.6 is 11.6 Å². The Morgan fingerprint density at radius 3 is 3.00 bits per heavy atom. The van der Waals surface area contributed by atoms with Crippen molar-refractivity contribution in [3.05, 3.63) is 16.8 Å². The van der Waals surface area contributed by atoms with Gasteiger partial charge in [-0.1, -0.05) is 5.92 Å². The van der Waals surface area contributed by atoms with Crippen LogP contribution in [0.15, 0.2) is 11.1 Å². The number of hydrogen-bond acceptors (Lipinski definition) is 8. The highest BCUT2D eigenvalue weighted by atomic mass is 35.5. The Morgan fingerprint density at radius 1 is 1.75 bits per heavy atom. The Kier molecular flexibility index (Phi) is 3.23. The van der Waals surface area contributed by atoms with Gasteiger partial charge in [-0.15, -0.1) is 0 Å². The van der Waals surface area contributed by atoms with E-state index in [-0.39, 0.29) is 5.95 Å². The Hall–Kier alpha value is -1.70. The second kappa shape index (κ2) is 5.35. The van der Waals surface area contributed by atoms with Gasteiger partial charge in [0, 0.05) is 5.38 Å². The molecule has 1 fully saturated rings. The third-order valence-electron chi connectivity index (χ3n) is 2.85. The first-order valence-electron chi connectivity index (χ1n) is 6.29. The van der Waals surface area contributed by atoms with Crippen LogP contribution in [0, 0.1) is 11.3 Å². The summed E-state index contributed by atoms with van der Waals surface area (Å²) in [5, 5.41) is 21.6. The van der Waals surface area contributed by atoms with E-state index in [2.05, 4.69) is 15.9 Å². The number of aliphatic hydroxyl groups excluding tert-OH is 1. The van der Waals surface area contributed by atoms with Crippen molar-refractivity contribution in [1.29, 1.82) is 0 Å². The van der Waals surface area contributed by atoms with Crippen LogP contribution in [0.3, 0.4) is 0 Å². The number of nitrogens with two attached hydrogens (primary N) is 2. The number of ether oxygens (including phenoxy) is 1. The minimum Gasteiger partial charge on any atom is -0.394 e. The lowest BCUT2D eigenvalue weighted by molar-refractivity contribution is -0.0480. The summed E-state index contributed by atoms with van der Waals surface area (Å²) >= 11 is 5.31. The molecule has 4 atom stereocenters. The first kappa shape index (κ1) is 12.1. The second-order valence-corrected chi connectivity index (χ2v) is 4.23. The van der Waals surface area contributed by atoms with Gasteiger partial charge in [-0.05, 0) is 11.6 Å². The number of nitrogen functional groups attached to an aromatic ring is 1. The quantitative estimate of drug-likeness (QED) is 0.433. The van der Waals surface area contributed by atoms with Crippen LogP contribution in [-0.2, 0) is 4.74 Å². The Bertz CT molecular complexity index is 699. The fourth-order valence-corrected chi connectivity index (χ4v) is 2.02. The molecule has 9 nitrogen and oxygen atoms in total. The molecule has 2 heterocycles. The van der Waals surface area contributed by atoms with Crippen molar-refractivity contribution in [2.24, 2.45) is 5.73 Å². The van der Waals surface area contributed by atoms with Gasteiger partial charge < -0.3 is 26.4 Å². The summed E-state index contributed by atoms with van der Waals surface area (Å²) in [6, 6.07) is 0. The van der Waals surface area contributed by atoms with Gasteiger partial charge in [0.15, 0.2) is 11.8 Å². The molecule has 1 aromatic rings. The summed E-state index contributed by atoms with van der Waals surface area (Å²) in [7, 11) is 0. The highest BCUT2D eigenvalue weighted by molar-refractivity contribution is 6.30. The van der Waals surface area contributed by atoms with Crippen LogP contribution in [0.4, 0.5) is 5.95 Å². The van der Waals surface area contributed by atoms with Crippen molar-refractivity contribution in [3.8, 4) is 11.3 Å². The molecular formula is C10H12ClN5O4. The van der Waals surface area contributed by atoms with Gasteiger partial charge in [0.2, 0.25) is 5.95 Å². The summed E-state index contributed by atoms with van der Waals surface area (Å²) in [5.41, 5.74) is 8.31. The van der Waals surface area contributed by atoms with Gasteiger partial charge in [0.1, 0.15) is 18.5 Å². The maximum Gasteiger partial charge on any atom is 0.354 e. The molecule has 0 radical (unpaired) electrons. The number of hydrogen-bond donors (Lipinski definition) is 4. The van der Waals surface area contributed by atoms with E-state index in [4.69, 9.17) is 30.5 Å². The predicted molar refractivity (Wildman–Crippen MR) is 68.3 cm³/mol. The van der Waals surface area contributed by atoms with Gasteiger partial charge in [0.05, 0.1) is 9.30 Å². The molecule has 1 aromatic heterocycles. The predicted octanol–water partition coefficient (Wildman–Crippen LogP) is -2.63. The molecule has 20 heavy (non-hydrogen) atoms. The average Bonchev–Trinajstić information content (AvgIpc) is 2.63. The molecule has 1 unspecified atom stereocenters. The number of anilines is 1. The normalized spacial score (nSPS) is 34.9. The van der Waals surface area contributed by atoms with E-state index in [0.29, 0.717) is 0 Å². The fourth-order valence-electron chi connectivity index (χ4n) is 1.85. The van der Waals surface area contributed by atoms with Crippen LogP contribution in [-0.4, -0.2) is 49.1 Å². The Morgan fingerprint density at radius 2 is 2.45 bits per heavy atom. The maximum absolute atomic E-state index is 11.9. The number of halogens is 1. The molecule has 108 valence electrons. The lowest BCUT2D eigenvalue weighted by Crippen LogP contribution is -2.55. The molecule has 10 heteroatoms. The molecule has 0 spiro atoms. The van der Waals surface area contributed by atoms with Crippen LogP contribution in [0.2, 0.25) is 0 Å². The number of aliphatic hydroxyl groups is 2. The zero-order valence-corrected chi connectivity index (χ0v) is 10.7.